The van der Waals surface area contributed by atoms with Gasteiger partial charge in [-0.05, 0) is 67.0 Å². The molecule has 0 fully saturated rings. The number of nitrogens with zero attached hydrogens (tertiary/aromatic N) is 1. The van der Waals surface area contributed by atoms with Crippen LogP contribution in [-0.4, -0.2) is 38.5 Å². The molecule has 0 aliphatic carbocycles. The van der Waals surface area contributed by atoms with Gasteiger partial charge in [0, 0.05) is 30.1 Å². The first-order chi connectivity index (χ1) is 20.5. The Balaban J connectivity index is 1.90. The monoisotopic (exact) mass is 586 g/mol. The van der Waals surface area contributed by atoms with Crippen LogP contribution in [0, 0.1) is 11.6 Å². The second kappa shape index (κ2) is 13.8. The maximum absolute atomic E-state index is 14.0. The number of aliphatic hydroxyl groups excluding tert-OH is 1. The van der Waals surface area contributed by atoms with Gasteiger partial charge in [-0.2, -0.15) is 0 Å². The molecule has 1 heterocycles. The Morgan fingerprint density at radius 3 is 2.00 bits per heavy atom. The third-order valence-electron chi connectivity index (χ3n) is 6.81. The average molecular weight is 587 g/mol. The number of allylic oxidation sites excluding steroid dienone is 1. The number of aliphatic carboxylic acids is 1. The van der Waals surface area contributed by atoms with E-state index in [-0.39, 0.29) is 18.4 Å². The van der Waals surface area contributed by atoms with Gasteiger partial charge in [-0.25, -0.2) is 8.78 Å². The molecular weight excluding hydrogens is 554 g/mol. The van der Waals surface area contributed by atoms with Crippen molar-refractivity contribution in [2.24, 2.45) is 0 Å². The molecule has 9 heteroatoms. The molecule has 4 rings (SSSR count). The number of benzene rings is 3. The topological polar surface area (TPSA) is 109 Å². The highest BCUT2D eigenvalue weighted by molar-refractivity contribution is 6.07. The molecule has 43 heavy (non-hydrogen) atoms. The van der Waals surface area contributed by atoms with Gasteiger partial charge in [-0.3, -0.25) is 14.4 Å². The summed E-state index contributed by atoms with van der Waals surface area (Å²) in [6.07, 6.45) is 0.474. The van der Waals surface area contributed by atoms with Crippen molar-refractivity contribution in [2.75, 3.05) is 0 Å². The van der Waals surface area contributed by atoms with Gasteiger partial charge in [-0.1, -0.05) is 54.6 Å². The number of aromatic nitrogens is 1. The molecule has 0 saturated heterocycles. The summed E-state index contributed by atoms with van der Waals surface area (Å²) in [4.78, 5) is 37.7. The fourth-order valence-electron chi connectivity index (χ4n) is 4.94. The lowest BCUT2D eigenvalue weighted by Crippen LogP contribution is -2.27. The Morgan fingerprint density at radius 1 is 0.837 bits per heavy atom. The van der Waals surface area contributed by atoms with Crippen molar-refractivity contribution in [1.29, 1.82) is 0 Å². The van der Waals surface area contributed by atoms with E-state index < -0.39 is 42.4 Å². The normalized spacial score (nSPS) is 12.0. The van der Waals surface area contributed by atoms with Gasteiger partial charge < -0.3 is 20.1 Å². The van der Waals surface area contributed by atoms with E-state index in [9.17, 15) is 28.3 Å². The molecule has 0 bridgehead atoms. The number of ketones is 1. The Hall–Kier alpha value is -4.89. The molecule has 7 nitrogen and oxygen atoms in total. The van der Waals surface area contributed by atoms with Crippen molar-refractivity contribution in [3.63, 3.8) is 0 Å². The highest BCUT2D eigenvalue weighted by Crippen LogP contribution is 2.42. The number of aliphatic hydroxyl groups is 1. The summed E-state index contributed by atoms with van der Waals surface area (Å²) in [6, 6.07) is 20.5. The fraction of sp³-hybridized carbons (Fsp3) is 0.206. The molecule has 1 aromatic heterocycles. The fourth-order valence-corrected chi connectivity index (χ4v) is 4.94. The van der Waals surface area contributed by atoms with Crippen LogP contribution in [0.15, 0.2) is 84.9 Å². The zero-order chi connectivity index (χ0) is 31.1. The number of carbonyl (C=O) groups is 3. The van der Waals surface area contributed by atoms with Crippen LogP contribution in [0.1, 0.15) is 54.5 Å². The third kappa shape index (κ3) is 7.69. The molecule has 0 radical (unpaired) electrons. The largest absolute Gasteiger partial charge is 0.481 e. The molecule has 1 atom stereocenters. The van der Waals surface area contributed by atoms with Crippen molar-refractivity contribution in [2.45, 2.75) is 45.4 Å². The standard InChI is InChI=1S/C34H32F2N2O5/c1-21(2)38-29(17-16-27(39)18-28(40)19-30(41)42)31(24-10-14-26(36)15-11-24)32(23-6-4-3-5-7-23)33(38)34(43)37-20-22-8-12-25(35)13-9-22/h3-17,21,28,40H,18-20H2,1-2H3,(H,37,43)(H,41,42)/b17-16+/t28-/m1/s1. The lowest BCUT2D eigenvalue weighted by atomic mass is 9.94. The van der Waals surface area contributed by atoms with Crippen LogP contribution in [0.5, 0.6) is 0 Å². The molecule has 0 unspecified atom stereocenters. The molecule has 0 aliphatic heterocycles. The number of hydrogen-bond acceptors (Lipinski definition) is 4. The highest BCUT2D eigenvalue weighted by atomic mass is 19.1. The summed E-state index contributed by atoms with van der Waals surface area (Å²) in [7, 11) is 0. The van der Waals surface area contributed by atoms with Crippen LogP contribution in [0.2, 0.25) is 0 Å². The number of carboxylic acid groups (broad SMARTS) is 1. The van der Waals surface area contributed by atoms with Crippen LogP contribution < -0.4 is 5.32 Å². The van der Waals surface area contributed by atoms with Gasteiger partial charge >= 0.3 is 5.97 Å². The van der Waals surface area contributed by atoms with Gasteiger partial charge in [-0.15, -0.1) is 0 Å². The molecule has 0 saturated carbocycles. The lowest BCUT2D eigenvalue weighted by molar-refractivity contribution is -0.139. The maximum Gasteiger partial charge on any atom is 0.305 e. The summed E-state index contributed by atoms with van der Waals surface area (Å²) in [6.45, 7) is 3.90. The predicted octanol–water partition coefficient (Wildman–Crippen LogP) is 6.42. The molecule has 4 aromatic rings. The minimum atomic E-state index is -1.35. The quantitative estimate of drug-likeness (QED) is 0.166. The summed E-state index contributed by atoms with van der Waals surface area (Å²) in [5.74, 6) is -2.96. The second-order valence-corrected chi connectivity index (χ2v) is 10.4. The first kappa shape index (κ1) is 31.1. The Kier molecular flexibility index (Phi) is 10.0. The van der Waals surface area contributed by atoms with E-state index in [0.29, 0.717) is 39.2 Å². The molecule has 1 amide bonds. The van der Waals surface area contributed by atoms with E-state index in [0.717, 1.165) is 0 Å². The summed E-state index contributed by atoms with van der Waals surface area (Å²) >= 11 is 0. The second-order valence-electron chi connectivity index (χ2n) is 10.4. The number of carbonyl (C=O) groups excluding carboxylic acids is 2. The minimum absolute atomic E-state index is 0.133. The van der Waals surface area contributed by atoms with Crippen LogP contribution in [0.4, 0.5) is 8.78 Å². The Bertz CT molecular complexity index is 1630. The lowest BCUT2D eigenvalue weighted by Gasteiger charge is -2.17. The number of halogens is 2. The Morgan fingerprint density at radius 2 is 1.42 bits per heavy atom. The van der Waals surface area contributed by atoms with E-state index >= 15 is 0 Å². The number of hydrogen-bond donors (Lipinski definition) is 3. The van der Waals surface area contributed by atoms with Gasteiger partial charge in [0.2, 0.25) is 0 Å². The van der Waals surface area contributed by atoms with Gasteiger partial charge in [0.25, 0.3) is 5.91 Å². The smallest absolute Gasteiger partial charge is 0.305 e. The van der Waals surface area contributed by atoms with Crippen molar-refractivity contribution in [1.82, 2.24) is 9.88 Å². The van der Waals surface area contributed by atoms with E-state index in [1.165, 1.54) is 36.4 Å². The summed E-state index contributed by atoms with van der Waals surface area (Å²) in [5, 5.41) is 21.8. The number of carboxylic acids is 1. The molecule has 3 N–H and O–H groups in total. The number of amides is 1. The average Bonchev–Trinajstić information content (AvgIpc) is 3.31. The van der Waals surface area contributed by atoms with E-state index in [1.54, 1.807) is 28.8 Å². The first-order valence-corrected chi connectivity index (χ1v) is 13.8. The van der Waals surface area contributed by atoms with Crippen molar-refractivity contribution in [3.8, 4) is 22.3 Å². The zero-order valence-electron chi connectivity index (χ0n) is 23.8. The van der Waals surface area contributed by atoms with Gasteiger partial charge in [0.15, 0.2) is 5.78 Å². The van der Waals surface area contributed by atoms with Gasteiger partial charge in [0.1, 0.15) is 17.3 Å². The zero-order valence-corrected chi connectivity index (χ0v) is 23.8. The van der Waals surface area contributed by atoms with Gasteiger partial charge in [0.05, 0.1) is 18.2 Å². The molecule has 0 aliphatic rings. The Labute approximate surface area is 248 Å². The van der Waals surface area contributed by atoms with E-state index in [4.69, 9.17) is 5.11 Å². The van der Waals surface area contributed by atoms with Crippen LogP contribution >= 0.6 is 0 Å². The minimum Gasteiger partial charge on any atom is -0.481 e. The first-order valence-electron chi connectivity index (χ1n) is 13.8. The molecule has 3 aromatic carbocycles. The number of nitrogens with one attached hydrogen (secondary N) is 1. The van der Waals surface area contributed by atoms with Crippen LogP contribution in [-0.2, 0) is 16.1 Å². The van der Waals surface area contributed by atoms with E-state index in [2.05, 4.69) is 5.32 Å². The predicted molar refractivity (Wildman–Crippen MR) is 160 cm³/mol. The molecule has 222 valence electrons. The summed E-state index contributed by atoms with van der Waals surface area (Å²) in [5.41, 5.74) is 3.96. The van der Waals surface area contributed by atoms with Crippen molar-refractivity contribution in [3.05, 3.63) is 114 Å². The third-order valence-corrected chi connectivity index (χ3v) is 6.81. The van der Waals surface area contributed by atoms with Crippen LogP contribution in [0.25, 0.3) is 28.3 Å². The summed E-state index contributed by atoms with van der Waals surface area (Å²) < 4.78 is 29.2. The number of rotatable bonds is 12. The maximum atomic E-state index is 14.0. The van der Waals surface area contributed by atoms with E-state index in [1.807, 2.05) is 44.2 Å². The van der Waals surface area contributed by atoms with Crippen LogP contribution in [0.3, 0.4) is 0 Å². The van der Waals surface area contributed by atoms with Crippen molar-refractivity contribution < 1.29 is 33.4 Å². The SMILES string of the molecule is CC(C)n1c(/C=C/C(=O)C[C@@H](O)CC(=O)O)c(-c2ccc(F)cc2)c(-c2ccccc2)c1C(=O)NCc1ccc(F)cc1. The highest BCUT2D eigenvalue weighted by Gasteiger charge is 2.29. The molecular formula is C34H32F2N2O5. The van der Waals surface area contributed by atoms with Crippen molar-refractivity contribution >= 4 is 23.7 Å². The molecule has 0 spiro atoms.